The number of ketones is 3. The molecule has 0 atom stereocenters. The Morgan fingerprint density at radius 2 is 1.67 bits per heavy atom. The summed E-state index contributed by atoms with van der Waals surface area (Å²) in [5.41, 5.74) is -0.645. The SMILES string of the molecule is CC(=O)CCc1cc(O)c2c(c1O)C(=O)c1cccc(O)c1C2=O. The molecular weight excluding hydrogens is 312 g/mol. The van der Waals surface area contributed by atoms with E-state index in [0.717, 1.165) is 0 Å². The van der Waals surface area contributed by atoms with Crippen LogP contribution < -0.4 is 0 Å². The zero-order valence-electron chi connectivity index (χ0n) is 12.8. The summed E-state index contributed by atoms with van der Waals surface area (Å²) >= 11 is 0. The first-order valence-corrected chi connectivity index (χ1v) is 7.31. The second-order valence-corrected chi connectivity index (χ2v) is 5.71. The molecule has 24 heavy (non-hydrogen) atoms. The first kappa shape index (κ1) is 15.7. The van der Waals surface area contributed by atoms with Gasteiger partial charge in [0.15, 0.2) is 5.78 Å². The molecule has 0 radical (unpaired) electrons. The van der Waals surface area contributed by atoms with Gasteiger partial charge in [0.1, 0.15) is 23.0 Å². The first-order valence-electron chi connectivity index (χ1n) is 7.31. The number of carbonyl (C=O) groups excluding carboxylic acids is 3. The molecule has 6 heteroatoms. The van der Waals surface area contributed by atoms with Gasteiger partial charge in [-0.2, -0.15) is 0 Å². The van der Waals surface area contributed by atoms with Crippen LogP contribution in [0.5, 0.6) is 17.2 Å². The molecule has 2 aromatic carbocycles. The quantitative estimate of drug-likeness (QED) is 0.636. The number of aryl methyl sites for hydroxylation is 1. The van der Waals surface area contributed by atoms with Crippen molar-refractivity contribution in [3.8, 4) is 17.2 Å². The number of hydrogen-bond acceptors (Lipinski definition) is 6. The number of phenols is 3. The van der Waals surface area contributed by atoms with Crippen LogP contribution in [0.25, 0.3) is 0 Å². The number of phenolic OH excluding ortho intramolecular Hbond substituents is 3. The lowest BCUT2D eigenvalue weighted by Gasteiger charge is -2.21. The molecule has 122 valence electrons. The highest BCUT2D eigenvalue weighted by atomic mass is 16.3. The van der Waals surface area contributed by atoms with Crippen molar-refractivity contribution in [3.05, 3.63) is 52.1 Å². The van der Waals surface area contributed by atoms with Gasteiger partial charge in [-0.1, -0.05) is 12.1 Å². The van der Waals surface area contributed by atoms with E-state index in [0.29, 0.717) is 0 Å². The molecule has 0 saturated heterocycles. The van der Waals surface area contributed by atoms with E-state index in [2.05, 4.69) is 0 Å². The first-order chi connectivity index (χ1) is 11.3. The topological polar surface area (TPSA) is 112 Å². The van der Waals surface area contributed by atoms with Crippen molar-refractivity contribution in [2.45, 2.75) is 19.8 Å². The molecule has 0 fully saturated rings. The summed E-state index contributed by atoms with van der Waals surface area (Å²) in [6.07, 6.45) is 0.266. The number of hydrogen-bond donors (Lipinski definition) is 3. The van der Waals surface area contributed by atoms with E-state index in [1.54, 1.807) is 0 Å². The van der Waals surface area contributed by atoms with E-state index in [4.69, 9.17) is 0 Å². The van der Waals surface area contributed by atoms with Crippen LogP contribution in [0.3, 0.4) is 0 Å². The minimum atomic E-state index is -0.733. The van der Waals surface area contributed by atoms with Crippen LogP contribution in [0.15, 0.2) is 24.3 Å². The van der Waals surface area contributed by atoms with Crippen molar-refractivity contribution in [1.29, 1.82) is 0 Å². The number of fused-ring (bicyclic) bond motifs is 2. The Morgan fingerprint density at radius 1 is 0.958 bits per heavy atom. The van der Waals surface area contributed by atoms with Crippen molar-refractivity contribution in [2.24, 2.45) is 0 Å². The molecule has 3 N–H and O–H groups in total. The molecule has 0 spiro atoms. The number of rotatable bonds is 3. The maximum Gasteiger partial charge on any atom is 0.202 e. The van der Waals surface area contributed by atoms with Gasteiger partial charge in [0.2, 0.25) is 5.78 Å². The highest BCUT2D eigenvalue weighted by molar-refractivity contribution is 6.31. The van der Waals surface area contributed by atoms with E-state index < -0.39 is 23.1 Å². The normalized spacial score (nSPS) is 12.7. The minimum absolute atomic E-state index is 0.0362. The molecule has 3 rings (SSSR count). The standard InChI is InChI=1S/C18H14O6/c1-8(19)5-6-9-7-12(21)14-15(16(9)22)17(23)10-3-2-4-11(20)13(10)18(14)24/h2-4,7,20-22H,5-6H2,1H3. The zero-order chi connectivity index (χ0) is 17.6. The highest BCUT2D eigenvalue weighted by Gasteiger charge is 2.37. The molecule has 1 aliphatic rings. The monoisotopic (exact) mass is 326 g/mol. The molecule has 0 amide bonds. The summed E-state index contributed by atoms with van der Waals surface area (Å²) in [4.78, 5) is 36.4. The smallest absolute Gasteiger partial charge is 0.202 e. The van der Waals surface area contributed by atoms with Crippen LogP contribution in [0.4, 0.5) is 0 Å². The van der Waals surface area contributed by atoms with Crippen LogP contribution in [-0.4, -0.2) is 32.7 Å². The van der Waals surface area contributed by atoms with Crippen LogP contribution in [0, 0.1) is 0 Å². The Hall–Kier alpha value is -3.15. The Bertz CT molecular complexity index is 910. The molecule has 6 nitrogen and oxygen atoms in total. The maximum atomic E-state index is 12.7. The second kappa shape index (κ2) is 5.49. The largest absolute Gasteiger partial charge is 0.507 e. The summed E-state index contributed by atoms with van der Waals surface area (Å²) in [5, 5.41) is 30.5. The van der Waals surface area contributed by atoms with Gasteiger partial charge in [-0.15, -0.1) is 0 Å². The number of carbonyl (C=O) groups is 3. The molecule has 0 saturated carbocycles. The summed E-state index contributed by atoms with van der Waals surface area (Å²) in [6.45, 7) is 1.39. The van der Waals surface area contributed by atoms with Gasteiger partial charge in [0, 0.05) is 12.0 Å². The fourth-order valence-corrected chi connectivity index (χ4v) is 2.89. The predicted molar refractivity (Wildman–Crippen MR) is 83.7 cm³/mol. The Labute approximate surface area is 137 Å². The average Bonchev–Trinajstić information content (AvgIpc) is 2.52. The predicted octanol–water partition coefficient (Wildman–Crippen LogP) is 2.10. The Kier molecular flexibility index (Phi) is 3.60. The highest BCUT2D eigenvalue weighted by Crippen LogP contribution is 2.42. The summed E-state index contributed by atoms with van der Waals surface area (Å²) in [5.74, 6) is -2.75. The molecule has 2 aromatic rings. The van der Waals surface area contributed by atoms with E-state index in [-0.39, 0.29) is 52.2 Å². The van der Waals surface area contributed by atoms with Crippen molar-refractivity contribution in [1.82, 2.24) is 0 Å². The lowest BCUT2D eigenvalue weighted by Crippen LogP contribution is -2.22. The van der Waals surface area contributed by atoms with Crippen molar-refractivity contribution >= 4 is 17.3 Å². The molecule has 1 aliphatic carbocycles. The van der Waals surface area contributed by atoms with Crippen LogP contribution >= 0.6 is 0 Å². The van der Waals surface area contributed by atoms with Gasteiger partial charge < -0.3 is 20.1 Å². The Morgan fingerprint density at radius 3 is 2.33 bits per heavy atom. The van der Waals surface area contributed by atoms with Gasteiger partial charge >= 0.3 is 0 Å². The van der Waals surface area contributed by atoms with Crippen LogP contribution in [0.1, 0.15) is 50.8 Å². The lowest BCUT2D eigenvalue weighted by molar-refractivity contribution is -0.116. The van der Waals surface area contributed by atoms with Gasteiger partial charge in [0.25, 0.3) is 0 Å². The van der Waals surface area contributed by atoms with Crippen molar-refractivity contribution < 1.29 is 29.7 Å². The maximum absolute atomic E-state index is 12.7. The van der Waals surface area contributed by atoms with E-state index >= 15 is 0 Å². The fourth-order valence-electron chi connectivity index (χ4n) is 2.89. The van der Waals surface area contributed by atoms with Gasteiger partial charge in [-0.25, -0.2) is 0 Å². The van der Waals surface area contributed by atoms with Crippen molar-refractivity contribution in [3.63, 3.8) is 0 Å². The minimum Gasteiger partial charge on any atom is -0.507 e. The van der Waals surface area contributed by atoms with Gasteiger partial charge in [-0.3, -0.25) is 9.59 Å². The lowest BCUT2D eigenvalue weighted by atomic mass is 9.81. The average molecular weight is 326 g/mol. The zero-order valence-corrected chi connectivity index (χ0v) is 12.8. The third-order valence-electron chi connectivity index (χ3n) is 4.07. The van der Waals surface area contributed by atoms with Gasteiger partial charge in [-0.05, 0) is 31.0 Å². The van der Waals surface area contributed by atoms with E-state index in [1.807, 2.05) is 0 Å². The second-order valence-electron chi connectivity index (χ2n) is 5.71. The Balaban J connectivity index is 2.23. The van der Waals surface area contributed by atoms with Crippen molar-refractivity contribution in [2.75, 3.05) is 0 Å². The number of aromatic hydroxyl groups is 3. The molecule has 0 heterocycles. The molecule has 0 unspecified atom stereocenters. The molecule has 0 aliphatic heterocycles. The van der Waals surface area contributed by atoms with Crippen LogP contribution in [0.2, 0.25) is 0 Å². The summed E-state index contributed by atoms with van der Waals surface area (Å²) in [6, 6.07) is 5.23. The third kappa shape index (κ3) is 2.23. The molecular formula is C18H14O6. The number of benzene rings is 2. The summed E-state index contributed by atoms with van der Waals surface area (Å²) in [7, 11) is 0. The van der Waals surface area contributed by atoms with Crippen LogP contribution in [-0.2, 0) is 11.2 Å². The van der Waals surface area contributed by atoms with Gasteiger partial charge in [0.05, 0.1) is 16.7 Å². The molecule has 0 aromatic heterocycles. The third-order valence-corrected chi connectivity index (χ3v) is 4.07. The fraction of sp³-hybridized carbons (Fsp3) is 0.167. The number of Topliss-reactive ketones (excluding diaryl/α,β-unsaturated/α-hetero) is 1. The van der Waals surface area contributed by atoms with E-state index in [9.17, 15) is 29.7 Å². The summed E-state index contributed by atoms with van der Waals surface area (Å²) < 4.78 is 0. The van der Waals surface area contributed by atoms with E-state index in [1.165, 1.54) is 31.2 Å². The molecule has 0 bridgehead atoms.